The van der Waals surface area contributed by atoms with Crippen LogP contribution < -0.4 is 5.73 Å². The molecule has 4 atom stereocenters. The molecule has 0 radical (unpaired) electrons. The highest BCUT2D eigenvalue weighted by Crippen LogP contribution is 2.30. The van der Waals surface area contributed by atoms with Crippen molar-refractivity contribution >= 4 is 0 Å². The Balaban J connectivity index is 0.00000144. The molecule has 13 heavy (non-hydrogen) atoms. The maximum absolute atomic E-state index is 5.98. The largest absolute Gasteiger partial charge is 0.377 e. The fraction of sp³-hybridized carbons (Fsp3) is 1.00. The van der Waals surface area contributed by atoms with Gasteiger partial charge in [0.15, 0.2) is 0 Å². The Labute approximate surface area is 81.6 Å². The monoisotopic (exact) mass is 189 g/mol. The molecule has 0 unspecified atom stereocenters. The smallest absolute Gasteiger partial charge is 0.0850 e. The predicted octanol–water partition coefficient (Wildman–Crippen LogP) is 1.55. The summed E-state index contributed by atoms with van der Waals surface area (Å²) in [5, 5.41) is 0. The molecule has 3 heteroatoms. The zero-order chi connectivity index (χ0) is 9.35. The number of methoxy groups -OCH3 is 1. The van der Waals surface area contributed by atoms with Crippen LogP contribution in [-0.4, -0.2) is 31.0 Å². The number of hydrogen-bond donors (Lipinski definition) is 1. The van der Waals surface area contributed by atoms with Gasteiger partial charge in [-0.25, -0.2) is 0 Å². The molecule has 0 aliphatic carbocycles. The summed E-state index contributed by atoms with van der Waals surface area (Å²) in [4.78, 5) is 0. The minimum absolute atomic E-state index is 0. The van der Waals surface area contributed by atoms with Gasteiger partial charge in [0, 0.05) is 13.5 Å². The van der Waals surface area contributed by atoms with Crippen molar-refractivity contribution in [3.8, 4) is 0 Å². The van der Waals surface area contributed by atoms with Crippen LogP contribution in [0.15, 0.2) is 0 Å². The molecule has 1 saturated heterocycles. The average Bonchev–Trinajstić information content (AvgIpc) is 2.00. The van der Waals surface area contributed by atoms with Gasteiger partial charge in [0.2, 0.25) is 0 Å². The van der Waals surface area contributed by atoms with Crippen molar-refractivity contribution in [2.24, 2.45) is 5.73 Å². The van der Waals surface area contributed by atoms with Crippen LogP contribution in [0, 0.1) is 0 Å². The van der Waals surface area contributed by atoms with Crippen molar-refractivity contribution in [1.29, 1.82) is 0 Å². The minimum Gasteiger partial charge on any atom is -0.377 e. The molecule has 3 nitrogen and oxygen atoms in total. The van der Waals surface area contributed by atoms with Crippen LogP contribution in [0.4, 0.5) is 0 Å². The van der Waals surface area contributed by atoms with E-state index in [2.05, 4.69) is 6.92 Å². The average molecular weight is 189 g/mol. The van der Waals surface area contributed by atoms with E-state index in [1.165, 1.54) is 0 Å². The minimum atomic E-state index is -0.225. The zero-order valence-corrected chi connectivity index (χ0v) is 8.33. The lowest BCUT2D eigenvalue weighted by molar-refractivity contribution is -0.152. The number of nitrogens with two attached hydrogens (primary N) is 1. The standard InChI is InChI=1S/C9H19NO2.CH4/c1-6-5-9(3,11-4)8(10)7(2)12-6;/h6-8H,5,10H2,1-4H3;1H4/t6-,7-,8+,9+;/m0./s1. The van der Waals surface area contributed by atoms with Crippen molar-refractivity contribution in [1.82, 2.24) is 0 Å². The summed E-state index contributed by atoms with van der Waals surface area (Å²) in [5.41, 5.74) is 5.75. The van der Waals surface area contributed by atoms with Crippen molar-refractivity contribution in [2.75, 3.05) is 7.11 Å². The van der Waals surface area contributed by atoms with Gasteiger partial charge in [-0.1, -0.05) is 7.43 Å². The van der Waals surface area contributed by atoms with E-state index in [0.717, 1.165) is 6.42 Å². The second-order valence-electron chi connectivity index (χ2n) is 3.90. The van der Waals surface area contributed by atoms with Gasteiger partial charge in [-0.3, -0.25) is 0 Å². The highest BCUT2D eigenvalue weighted by Gasteiger charge is 2.41. The van der Waals surface area contributed by atoms with Crippen LogP contribution in [-0.2, 0) is 9.47 Å². The van der Waals surface area contributed by atoms with Gasteiger partial charge in [0.25, 0.3) is 0 Å². The van der Waals surface area contributed by atoms with Crippen LogP contribution in [0.3, 0.4) is 0 Å². The van der Waals surface area contributed by atoms with Gasteiger partial charge in [-0.2, -0.15) is 0 Å². The molecule has 1 aliphatic rings. The molecule has 80 valence electrons. The van der Waals surface area contributed by atoms with Crippen LogP contribution in [0.25, 0.3) is 0 Å². The molecule has 1 aliphatic heterocycles. The fourth-order valence-electron chi connectivity index (χ4n) is 1.92. The Hall–Kier alpha value is -0.120. The molecule has 0 aromatic heterocycles. The predicted molar refractivity (Wildman–Crippen MR) is 54.7 cm³/mol. The first-order valence-electron chi connectivity index (χ1n) is 4.46. The Morgan fingerprint density at radius 3 is 2.46 bits per heavy atom. The van der Waals surface area contributed by atoms with Crippen LogP contribution >= 0.6 is 0 Å². The Bertz CT molecular complexity index is 163. The van der Waals surface area contributed by atoms with Gasteiger partial charge in [-0.05, 0) is 20.8 Å². The maximum Gasteiger partial charge on any atom is 0.0850 e. The van der Waals surface area contributed by atoms with E-state index < -0.39 is 0 Å². The second kappa shape index (κ2) is 4.40. The summed E-state index contributed by atoms with van der Waals surface area (Å²) in [7, 11) is 1.71. The van der Waals surface area contributed by atoms with Crippen molar-refractivity contribution in [3.63, 3.8) is 0 Å². The normalized spacial score (nSPS) is 45.5. The fourth-order valence-corrected chi connectivity index (χ4v) is 1.92. The van der Waals surface area contributed by atoms with E-state index in [0.29, 0.717) is 0 Å². The summed E-state index contributed by atoms with van der Waals surface area (Å²) in [6.07, 6.45) is 1.19. The van der Waals surface area contributed by atoms with Crippen LogP contribution in [0.5, 0.6) is 0 Å². The summed E-state index contributed by atoms with van der Waals surface area (Å²) in [6, 6.07) is -0.0290. The molecule has 1 rings (SSSR count). The molecule has 0 saturated carbocycles. The number of rotatable bonds is 1. The quantitative estimate of drug-likeness (QED) is 0.680. The molecular formula is C10H23NO2. The van der Waals surface area contributed by atoms with Crippen molar-refractivity contribution in [3.05, 3.63) is 0 Å². The topological polar surface area (TPSA) is 44.5 Å². The van der Waals surface area contributed by atoms with Crippen molar-refractivity contribution < 1.29 is 9.47 Å². The SMILES string of the molecule is C.CO[C@]1(C)C[C@H](C)O[C@@H](C)[C@H]1N. The van der Waals surface area contributed by atoms with E-state index >= 15 is 0 Å². The maximum atomic E-state index is 5.98. The number of ether oxygens (including phenoxy) is 2. The first-order valence-corrected chi connectivity index (χ1v) is 4.46. The van der Waals surface area contributed by atoms with E-state index in [9.17, 15) is 0 Å². The molecule has 1 heterocycles. The third-order valence-corrected chi connectivity index (χ3v) is 2.82. The van der Waals surface area contributed by atoms with E-state index in [1.807, 2.05) is 13.8 Å². The highest BCUT2D eigenvalue weighted by atomic mass is 16.5. The zero-order valence-electron chi connectivity index (χ0n) is 8.33. The van der Waals surface area contributed by atoms with Crippen molar-refractivity contribution in [2.45, 2.75) is 58.5 Å². The summed E-state index contributed by atoms with van der Waals surface area (Å²) in [5.74, 6) is 0. The summed E-state index contributed by atoms with van der Waals surface area (Å²) >= 11 is 0. The van der Waals surface area contributed by atoms with E-state index in [1.54, 1.807) is 7.11 Å². The molecule has 0 spiro atoms. The Morgan fingerprint density at radius 1 is 1.46 bits per heavy atom. The van der Waals surface area contributed by atoms with Crippen LogP contribution in [0.2, 0.25) is 0 Å². The number of hydrogen-bond acceptors (Lipinski definition) is 3. The first kappa shape index (κ1) is 12.9. The van der Waals surface area contributed by atoms with Gasteiger partial charge in [-0.15, -0.1) is 0 Å². The van der Waals surface area contributed by atoms with Gasteiger partial charge in [0.05, 0.1) is 23.9 Å². The molecule has 0 amide bonds. The first-order chi connectivity index (χ1) is 5.49. The molecule has 0 aromatic carbocycles. The molecular weight excluding hydrogens is 166 g/mol. The lowest BCUT2D eigenvalue weighted by Gasteiger charge is -2.44. The van der Waals surface area contributed by atoms with Gasteiger partial charge in [0.1, 0.15) is 0 Å². The van der Waals surface area contributed by atoms with E-state index in [4.69, 9.17) is 15.2 Å². The lowest BCUT2D eigenvalue weighted by atomic mass is 9.85. The van der Waals surface area contributed by atoms with E-state index in [-0.39, 0.29) is 31.3 Å². The highest BCUT2D eigenvalue weighted by molar-refractivity contribution is 4.96. The summed E-state index contributed by atoms with van der Waals surface area (Å²) < 4.78 is 11.0. The van der Waals surface area contributed by atoms with Gasteiger partial charge >= 0.3 is 0 Å². The lowest BCUT2D eigenvalue weighted by Crippen LogP contribution is -2.59. The Morgan fingerprint density at radius 2 is 2.00 bits per heavy atom. The molecule has 2 N–H and O–H groups in total. The Kier molecular flexibility index (Phi) is 4.36. The van der Waals surface area contributed by atoms with Gasteiger partial charge < -0.3 is 15.2 Å². The molecule has 1 fully saturated rings. The third-order valence-electron chi connectivity index (χ3n) is 2.82. The second-order valence-corrected chi connectivity index (χ2v) is 3.90. The summed E-state index contributed by atoms with van der Waals surface area (Å²) in [6.45, 7) is 6.10. The molecule has 0 aromatic rings. The van der Waals surface area contributed by atoms with Crippen LogP contribution in [0.1, 0.15) is 34.6 Å². The third kappa shape index (κ3) is 2.42. The molecule has 0 bridgehead atoms.